The maximum Gasteiger partial charge on any atom is 0.226 e. The fraction of sp³-hybridized carbons (Fsp3) is 0.158. The molecule has 1 amide bonds. The highest BCUT2D eigenvalue weighted by Gasteiger charge is 2.19. The summed E-state index contributed by atoms with van der Waals surface area (Å²) >= 11 is 0. The van der Waals surface area contributed by atoms with Crippen molar-refractivity contribution in [3.8, 4) is 0 Å². The van der Waals surface area contributed by atoms with Crippen LogP contribution < -0.4 is 5.32 Å². The van der Waals surface area contributed by atoms with E-state index in [-0.39, 0.29) is 24.2 Å². The maximum absolute atomic E-state index is 12.4. The average Bonchev–Trinajstić information content (AvgIpc) is 3.27. The predicted octanol–water partition coefficient (Wildman–Crippen LogP) is 3.90. The van der Waals surface area contributed by atoms with Crippen LogP contribution >= 0.6 is 0 Å². The quantitative estimate of drug-likeness (QED) is 0.700. The van der Waals surface area contributed by atoms with Crippen molar-refractivity contribution in [3.63, 3.8) is 0 Å². The number of furan rings is 1. The van der Waals surface area contributed by atoms with Crippen LogP contribution in [0.4, 0.5) is 5.69 Å². The number of ketones is 1. The monoisotopic (exact) mass is 322 g/mol. The van der Waals surface area contributed by atoms with Crippen molar-refractivity contribution in [2.24, 2.45) is 0 Å². The first-order valence-electron chi connectivity index (χ1n) is 7.70. The van der Waals surface area contributed by atoms with Crippen molar-refractivity contribution in [1.29, 1.82) is 0 Å². The number of carbonyl (C=O) groups excluding carboxylic acids is 2. The van der Waals surface area contributed by atoms with Crippen LogP contribution in [0.3, 0.4) is 0 Å². The predicted molar refractivity (Wildman–Crippen MR) is 91.0 cm³/mol. The molecule has 0 saturated heterocycles. The molecule has 0 fully saturated rings. The topological polar surface area (TPSA) is 64.2 Å². The summed E-state index contributed by atoms with van der Waals surface area (Å²) in [7, 11) is 0. The first-order chi connectivity index (χ1) is 11.6. The Morgan fingerprint density at radius 3 is 2.38 bits per heavy atom. The van der Waals surface area contributed by atoms with Gasteiger partial charge in [-0.05, 0) is 55.5 Å². The van der Waals surface area contributed by atoms with Gasteiger partial charge in [0.05, 0.1) is 18.7 Å². The highest BCUT2D eigenvalue weighted by atomic mass is 16.3. The van der Waals surface area contributed by atoms with Gasteiger partial charge in [0.1, 0.15) is 5.76 Å². The van der Waals surface area contributed by atoms with E-state index >= 15 is 0 Å². The fourth-order valence-corrected chi connectivity index (χ4v) is 2.57. The fourth-order valence-electron chi connectivity index (χ4n) is 2.57. The van der Waals surface area contributed by atoms with E-state index in [4.69, 9.17) is 4.42 Å². The molecule has 0 bridgehead atoms. The first kappa shape index (κ1) is 15.8. The highest BCUT2D eigenvalue weighted by Crippen LogP contribution is 2.23. The minimum absolute atomic E-state index is 0.00151. The molecule has 0 aliphatic rings. The smallest absolute Gasteiger partial charge is 0.226 e. The third kappa shape index (κ3) is 3.63. The number of Topliss-reactive ketones (excluding diaryl/α,β-unsaturated/α-hetero) is 1. The van der Waals surface area contributed by atoms with Gasteiger partial charge in [-0.1, -0.05) is 0 Å². The Labute approximate surface area is 139 Å². The molecule has 0 aliphatic heterocycles. The lowest BCUT2D eigenvalue weighted by molar-refractivity contribution is -0.116. The van der Waals surface area contributed by atoms with Gasteiger partial charge in [0.15, 0.2) is 5.78 Å². The molecule has 2 heterocycles. The summed E-state index contributed by atoms with van der Waals surface area (Å²) < 4.78 is 7.42. The molecule has 0 aliphatic carbocycles. The van der Waals surface area contributed by atoms with E-state index in [1.54, 1.807) is 30.5 Å². The van der Waals surface area contributed by atoms with Crippen LogP contribution in [0.5, 0.6) is 0 Å². The second-order valence-corrected chi connectivity index (χ2v) is 5.55. The molecule has 24 heavy (non-hydrogen) atoms. The molecule has 3 aromatic rings. The molecule has 5 nitrogen and oxygen atoms in total. The van der Waals surface area contributed by atoms with E-state index in [0.29, 0.717) is 11.3 Å². The van der Waals surface area contributed by atoms with Crippen molar-refractivity contribution < 1.29 is 14.0 Å². The van der Waals surface area contributed by atoms with Crippen LogP contribution in [0.25, 0.3) is 0 Å². The van der Waals surface area contributed by atoms with E-state index in [2.05, 4.69) is 5.32 Å². The number of benzene rings is 1. The Morgan fingerprint density at radius 1 is 1.08 bits per heavy atom. The van der Waals surface area contributed by atoms with Crippen molar-refractivity contribution in [2.75, 3.05) is 5.32 Å². The van der Waals surface area contributed by atoms with E-state index in [9.17, 15) is 9.59 Å². The van der Waals surface area contributed by atoms with Gasteiger partial charge in [-0.2, -0.15) is 0 Å². The lowest BCUT2D eigenvalue weighted by Crippen LogP contribution is -2.19. The summed E-state index contributed by atoms with van der Waals surface area (Å²) in [5, 5.41) is 2.86. The van der Waals surface area contributed by atoms with E-state index in [1.807, 2.05) is 41.2 Å². The lowest BCUT2D eigenvalue weighted by Gasteiger charge is -2.16. The summed E-state index contributed by atoms with van der Waals surface area (Å²) in [6, 6.07) is 14.2. The molecule has 0 spiro atoms. The Bertz CT molecular complexity index is 769. The molecule has 2 aromatic heterocycles. The Hall–Kier alpha value is -3.08. The summed E-state index contributed by atoms with van der Waals surface area (Å²) in [6.07, 6.45) is 5.66. The van der Waals surface area contributed by atoms with Crippen LogP contribution in [0.2, 0.25) is 0 Å². The lowest BCUT2D eigenvalue weighted by atomic mass is 10.1. The van der Waals surface area contributed by atoms with E-state index < -0.39 is 0 Å². The number of carbonyl (C=O) groups is 2. The van der Waals surface area contributed by atoms with Crippen LogP contribution in [-0.4, -0.2) is 16.3 Å². The van der Waals surface area contributed by atoms with Gasteiger partial charge in [0.25, 0.3) is 0 Å². The van der Waals surface area contributed by atoms with Gasteiger partial charge >= 0.3 is 0 Å². The Balaban J connectivity index is 1.71. The largest absolute Gasteiger partial charge is 0.467 e. The molecule has 122 valence electrons. The summed E-state index contributed by atoms with van der Waals surface area (Å²) in [4.78, 5) is 23.7. The summed E-state index contributed by atoms with van der Waals surface area (Å²) in [5.41, 5.74) is 1.28. The van der Waals surface area contributed by atoms with Gasteiger partial charge in [-0.15, -0.1) is 0 Å². The minimum atomic E-state index is -0.202. The van der Waals surface area contributed by atoms with Crippen molar-refractivity contribution >= 4 is 17.4 Å². The zero-order valence-corrected chi connectivity index (χ0v) is 13.3. The molecule has 1 aromatic carbocycles. The molecule has 3 rings (SSSR count). The van der Waals surface area contributed by atoms with Gasteiger partial charge in [0.2, 0.25) is 5.91 Å². The second-order valence-electron chi connectivity index (χ2n) is 5.55. The van der Waals surface area contributed by atoms with Crippen LogP contribution in [0.15, 0.2) is 71.6 Å². The zero-order chi connectivity index (χ0) is 16.9. The molecular weight excluding hydrogens is 304 g/mol. The molecule has 0 unspecified atom stereocenters. The standard InChI is InChI=1S/C19H18N2O3/c1-14(22)15-6-8-16(9-7-15)20-19(23)13-17(18-5-4-12-24-18)21-10-2-3-11-21/h2-12,17H,13H2,1H3,(H,20,23)/t17-/m0/s1. The van der Waals surface area contributed by atoms with Gasteiger partial charge in [-0.25, -0.2) is 0 Å². The second kappa shape index (κ2) is 7.00. The number of rotatable bonds is 6. The third-order valence-corrected chi connectivity index (χ3v) is 3.81. The van der Waals surface area contributed by atoms with E-state index in [1.165, 1.54) is 6.92 Å². The number of hydrogen-bond donors (Lipinski definition) is 1. The van der Waals surface area contributed by atoms with Crippen LogP contribution in [0, 0.1) is 0 Å². The molecule has 0 radical (unpaired) electrons. The van der Waals surface area contributed by atoms with E-state index in [0.717, 1.165) is 5.76 Å². The van der Waals surface area contributed by atoms with Crippen molar-refractivity contribution in [1.82, 2.24) is 4.57 Å². The normalized spacial score (nSPS) is 11.9. The average molecular weight is 322 g/mol. The number of aromatic nitrogens is 1. The van der Waals surface area contributed by atoms with Crippen LogP contribution in [-0.2, 0) is 4.79 Å². The highest BCUT2D eigenvalue weighted by molar-refractivity contribution is 5.95. The molecule has 5 heteroatoms. The minimum Gasteiger partial charge on any atom is -0.467 e. The SMILES string of the molecule is CC(=O)c1ccc(NC(=O)C[C@@H](c2ccco2)n2cccc2)cc1. The number of amides is 1. The third-order valence-electron chi connectivity index (χ3n) is 3.81. The number of nitrogens with zero attached hydrogens (tertiary/aromatic N) is 1. The molecule has 1 atom stereocenters. The number of anilines is 1. The van der Waals surface area contributed by atoms with Gasteiger partial charge in [-0.3, -0.25) is 9.59 Å². The van der Waals surface area contributed by atoms with Gasteiger partial charge < -0.3 is 14.3 Å². The molecule has 1 N–H and O–H groups in total. The van der Waals surface area contributed by atoms with Crippen molar-refractivity contribution in [3.05, 3.63) is 78.5 Å². The zero-order valence-electron chi connectivity index (χ0n) is 13.3. The summed E-state index contributed by atoms with van der Waals surface area (Å²) in [5.74, 6) is 0.604. The van der Waals surface area contributed by atoms with Crippen LogP contribution in [0.1, 0.15) is 35.5 Å². The number of hydrogen-bond acceptors (Lipinski definition) is 3. The maximum atomic E-state index is 12.4. The summed E-state index contributed by atoms with van der Waals surface area (Å²) in [6.45, 7) is 1.51. The van der Waals surface area contributed by atoms with Crippen molar-refractivity contribution in [2.45, 2.75) is 19.4 Å². The molecule has 0 saturated carbocycles. The Kier molecular flexibility index (Phi) is 4.61. The molecular formula is C19H18N2O3. The Morgan fingerprint density at radius 2 is 1.79 bits per heavy atom. The number of nitrogens with one attached hydrogen (secondary N) is 1. The first-order valence-corrected chi connectivity index (χ1v) is 7.70. The van der Waals surface area contributed by atoms with Gasteiger partial charge in [0, 0.05) is 23.6 Å².